The Morgan fingerprint density at radius 1 is 1.33 bits per heavy atom. The van der Waals surface area contributed by atoms with Crippen LogP contribution in [0.15, 0.2) is 18.3 Å². The number of nitrogens with zero attached hydrogens (tertiary/aromatic N) is 1. The van der Waals surface area contributed by atoms with Gasteiger partial charge in [-0.15, -0.1) is 0 Å². The molecule has 4 nitrogen and oxygen atoms in total. The van der Waals surface area contributed by atoms with Crippen molar-refractivity contribution in [2.75, 3.05) is 11.9 Å². The van der Waals surface area contributed by atoms with Gasteiger partial charge in [0.15, 0.2) is 0 Å². The molecule has 0 aromatic carbocycles. The zero-order valence-electron chi connectivity index (χ0n) is 13.1. The fraction of sp³-hybridized carbons (Fsp3) is 0.647. The number of nitrogens with one attached hydrogen (secondary N) is 1. The number of pyridine rings is 1. The van der Waals surface area contributed by atoms with Crippen LogP contribution in [0, 0.1) is 5.92 Å². The molecular formula is C17H26N2O2. The van der Waals surface area contributed by atoms with Gasteiger partial charge in [-0.2, -0.15) is 0 Å². The van der Waals surface area contributed by atoms with Gasteiger partial charge in [0, 0.05) is 12.2 Å². The van der Waals surface area contributed by atoms with E-state index in [1.54, 1.807) is 19.2 Å². The second-order valence-corrected chi connectivity index (χ2v) is 5.71. The highest BCUT2D eigenvalue weighted by Crippen LogP contribution is 2.29. The second-order valence-electron chi connectivity index (χ2n) is 5.71. The number of carbonyl (C=O) groups excluding carboxylic acids is 1. The predicted octanol–water partition coefficient (Wildman–Crippen LogP) is 4.03. The van der Waals surface area contributed by atoms with Crippen LogP contribution in [0.3, 0.4) is 0 Å². The number of anilines is 1. The fourth-order valence-corrected chi connectivity index (χ4v) is 3.09. The Kier molecular flexibility index (Phi) is 6.03. The van der Waals surface area contributed by atoms with E-state index < -0.39 is 0 Å². The van der Waals surface area contributed by atoms with Gasteiger partial charge >= 0.3 is 5.97 Å². The van der Waals surface area contributed by atoms with Crippen LogP contribution in [-0.4, -0.2) is 23.6 Å². The van der Waals surface area contributed by atoms with E-state index in [1.807, 2.05) is 6.07 Å². The minimum absolute atomic E-state index is 0.309. The van der Waals surface area contributed by atoms with Gasteiger partial charge in [-0.1, -0.05) is 26.2 Å². The molecule has 0 aliphatic heterocycles. The Balaban J connectivity index is 1.96. The lowest BCUT2D eigenvalue weighted by Crippen LogP contribution is -2.30. The molecule has 1 aliphatic carbocycles. The zero-order valence-corrected chi connectivity index (χ0v) is 13.1. The summed E-state index contributed by atoms with van der Waals surface area (Å²) in [5.74, 6) is 1.28. The van der Waals surface area contributed by atoms with E-state index >= 15 is 0 Å². The molecular weight excluding hydrogens is 264 g/mol. The highest BCUT2D eigenvalue weighted by atomic mass is 16.5. The van der Waals surface area contributed by atoms with Crippen LogP contribution in [0.4, 0.5) is 5.82 Å². The van der Waals surface area contributed by atoms with Gasteiger partial charge in [0.2, 0.25) is 0 Å². The highest BCUT2D eigenvalue weighted by molar-refractivity contribution is 5.89. The molecule has 0 spiro atoms. The van der Waals surface area contributed by atoms with Crippen molar-refractivity contribution in [3.63, 3.8) is 0 Å². The molecule has 0 bridgehead atoms. The van der Waals surface area contributed by atoms with Crippen LogP contribution in [0.25, 0.3) is 0 Å². The Morgan fingerprint density at radius 3 is 2.67 bits per heavy atom. The van der Waals surface area contributed by atoms with E-state index in [0.29, 0.717) is 18.2 Å². The molecule has 2 rings (SSSR count). The van der Waals surface area contributed by atoms with Crippen LogP contribution in [0.2, 0.25) is 0 Å². The lowest BCUT2D eigenvalue weighted by molar-refractivity contribution is 0.0526. The highest BCUT2D eigenvalue weighted by Gasteiger charge is 2.22. The molecule has 1 aliphatic rings. The minimum atomic E-state index is -0.309. The number of hydrogen-bond acceptors (Lipinski definition) is 4. The molecule has 1 unspecified atom stereocenters. The maximum Gasteiger partial charge on any atom is 0.339 e. The van der Waals surface area contributed by atoms with Crippen molar-refractivity contribution in [1.29, 1.82) is 0 Å². The first kappa shape index (κ1) is 15.8. The summed E-state index contributed by atoms with van der Waals surface area (Å²) < 4.78 is 4.97. The van der Waals surface area contributed by atoms with Crippen molar-refractivity contribution in [2.24, 2.45) is 5.92 Å². The topological polar surface area (TPSA) is 51.2 Å². The lowest BCUT2D eigenvalue weighted by Gasteiger charge is -2.30. The molecule has 1 aromatic rings. The van der Waals surface area contributed by atoms with Gasteiger partial charge in [-0.3, -0.25) is 0 Å². The van der Waals surface area contributed by atoms with E-state index in [-0.39, 0.29) is 5.97 Å². The van der Waals surface area contributed by atoms with Crippen molar-refractivity contribution in [2.45, 2.75) is 58.4 Å². The summed E-state index contributed by atoms with van der Waals surface area (Å²) in [5, 5.41) is 3.53. The third-order valence-electron chi connectivity index (χ3n) is 4.27. The first-order valence-electron chi connectivity index (χ1n) is 8.14. The first-order valence-corrected chi connectivity index (χ1v) is 8.14. The largest absolute Gasteiger partial charge is 0.462 e. The van der Waals surface area contributed by atoms with E-state index in [4.69, 9.17) is 4.74 Å². The predicted molar refractivity (Wildman–Crippen MR) is 84.5 cm³/mol. The van der Waals surface area contributed by atoms with E-state index in [0.717, 1.165) is 18.2 Å². The smallest absolute Gasteiger partial charge is 0.339 e. The van der Waals surface area contributed by atoms with Crippen molar-refractivity contribution in [3.8, 4) is 0 Å². The minimum Gasteiger partial charge on any atom is -0.462 e. The molecule has 1 N–H and O–H groups in total. The van der Waals surface area contributed by atoms with Crippen molar-refractivity contribution < 1.29 is 9.53 Å². The number of carbonyl (C=O) groups is 1. The standard InChI is InChI=1S/C17H26N2O2/c1-3-15(13-8-6-5-7-9-13)19-16-11-10-14(12-18-16)17(20)21-4-2/h10-13,15H,3-9H2,1-2H3,(H,18,19). The number of aromatic nitrogens is 1. The van der Waals surface area contributed by atoms with Gasteiger partial charge in [0.25, 0.3) is 0 Å². The van der Waals surface area contributed by atoms with Crippen molar-refractivity contribution in [1.82, 2.24) is 4.98 Å². The quantitative estimate of drug-likeness (QED) is 0.804. The Bertz CT molecular complexity index is 439. The van der Waals surface area contributed by atoms with E-state index in [1.165, 1.54) is 32.1 Å². The molecule has 116 valence electrons. The molecule has 1 atom stereocenters. The number of ether oxygens (including phenoxy) is 1. The third-order valence-corrected chi connectivity index (χ3v) is 4.27. The lowest BCUT2D eigenvalue weighted by atomic mass is 9.83. The SMILES string of the molecule is CCOC(=O)c1ccc(NC(CC)C2CCCCC2)nc1. The van der Waals surface area contributed by atoms with Gasteiger partial charge < -0.3 is 10.1 Å². The molecule has 0 saturated heterocycles. The molecule has 0 amide bonds. The first-order chi connectivity index (χ1) is 10.2. The van der Waals surface area contributed by atoms with Crippen LogP contribution in [0.1, 0.15) is 62.7 Å². The van der Waals surface area contributed by atoms with Gasteiger partial charge in [-0.25, -0.2) is 9.78 Å². The fourth-order valence-electron chi connectivity index (χ4n) is 3.09. The molecule has 1 heterocycles. The summed E-state index contributed by atoms with van der Waals surface area (Å²) in [5.41, 5.74) is 0.508. The number of rotatable bonds is 6. The normalized spacial score (nSPS) is 17.2. The maximum absolute atomic E-state index is 11.6. The average Bonchev–Trinajstić information content (AvgIpc) is 2.54. The van der Waals surface area contributed by atoms with Crippen molar-refractivity contribution in [3.05, 3.63) is 23.9 Å². The summed E-state index contributed by atoms with van der Waals surface area (Å²) in [6.07, 6.45) is 9.38. The summed E-state index contributed by atoms with van der Waals surface area (Å²) in [6, 6.07) is 4.13. The molecule has 0 radical (unpaired) electrons. The Labute approximate surface area is 127 Å². The Morgan fingerprint density at radius 2 is 2.10 bits per heavy atom. The van der Waals surface area contributed by atoms with E-state index in [2.05, 4.69) is 17.2 Å². The van der Waals surface area contributed by atoms with Crippen molar-refractivity contribution >= 4 is 11.8 Å². The maximum atomic E-state index is 11.6. The van der Waals surface area contributed by atoms with Crippen LogP contribution in [-0.2, 0) is 4.74 Å². The van der Waals surface area contributed by atoms with Crippen LogP contribution < -0.4 is 5.32 Å². The number of hydrogen-bond donors (Lipinski definition) is 1. The second kappa shape index (κ2) is 8.01. The molecule has 1 fully saturated rings. The molecule has 1 saturated carbocycles. The monoisotopic (exact) mass is 290 g/mol. The van der Waals surface area contributed by atoms with Crippen LogP contribution in [0.5, 0.6) is 0 Å². The summed E-state index contributed by atoms with van der Waals surface area (Å²) in [7, 11) is 0. The molecule has 4 heteroatoms. The van der Waals surface area contributed by atoms with Gasteiger partial charge in [0.1, 0.15) is 5.82 Å². The third kappa shape index (κ3) is 4.45. The van der Waals surface area contributed by atoms with Crippen LogP contribution >= 0.6 is 0 Å². The summed E-state index contributed by atoms with van der Waals surface area (Å²) in [4.78, 5) is 16.0. The average molecular weight is 290 g/mol. The molecule has 1 aromatic heterocycles. The summed E-state index contributed by atoms with van der Waals surface area (Å²) in [6.45, 7) is 4.41. The zero-order chi connectivity index (χ0) is 15.1. The molecule has 21 heavy (non-hydrogen) atoms. The van der Waals surface area contributed by atoms with Gasteiger partial charge in [-0.05, 0) is 44.2 Å². The van der Waals surface area contributed by atoms with E-state index in [9.17, 15) is 4.79 Å². The summed E-state index contributed by atoms with van der Waals surface area (Å²) >= 11 is 0. The number of esters is 1. The van der Waals surface area contributed by atoms with Gasteiger partial charge in [0.05, 0.1) is 12.2 Å². The Hall–Kier alpha value is -1.58.